The van der Waals surface area contributed by atoms with E-state index in [1.807, 2.05) is 36.4 Å². The Morgan fingerprint density at radius 1 is 0.415 bits per heavy atom. The van der Waals surface area contributed by atoms with E-state index in [-0.39, 0.29) is 43.8 Å². The lowest BCUT2D eigenvalue weighted by molar-refractivity contribution is 0.670. The number of hydrogen-bond acceptors (Lipinski definition) is 1. The van der Waals surface area contributed by atoms with Crippen molar-refractivity contribution in [3.63, 3.8) is 0 Å². The highest BCUT2D eigenvalue weighted by molar-refractivity contribution is 6.27. The van der Waals surface area contributed by atoms with Crippen LogP contribution in [0.2, 0.25) is 0 Å². The number of benzene rings is 8. The maximum atomic E-state index is 9.38. The average molecular weight is 536 g/mol. The van der Waals surface area contributed by atoms with Gasteiger partial charge in [0.15, 0.2) is 0 Å². The molecule has 0 aliphatic heterocycles. The van der Waals surface area contributed by atoms with Crippen molar-refractivity contribution in [1.82, 2.24) is 0 Å². The third kappa shape index (κ3) is 3.18. The number of fused-ring (bicyclic) bond motifs is 8. The molecule has 190 valence electrons. The lowest BCUT2D eigenvalue weighted by atomic mass is 9.84. The Morgan fingerprint density at radius 2 is 1.02 bits per heavy atom. The van der Waals surface area contributed by atoms with Gasteiger partial charge in [-0.15, -0.1) is 0 Å². The van der Waals surface area contributed by atoms with Crippen LogP contribution in [0.4, 0.5) is 0 Å². The summed E-state index contributed by atoms with van der Waals surface area (Å²) in [6.07, 6.45) is 0. The first kappa shape index (κ1) is 12.4. The van der Waals surface area contributed by atoms with Gasteiger partial charge in [-0.05, 0) is 60.3 Å². The van der Waals surface area contributed by atoms with Crippen molar-refractivity contribution in [3.05, 3.63) is 145 Å². The van der Waals surface area contributed by atoms with Gasteiger partial charge in [0, 0.05) is 21.9 Å². The molecule has 8 aromatic carbocycles. The zero-order chi connectivity index (χ0) is 40.0. The Labute approximate surface area is 258 Å². The van der Waals surface area contributed by atoms with Crippen molar-refractivity contribution >= 4 is 65.0 Å². The van der Waals surface area contributed by atoms with Gasteiger partial charge in [-0.2, -0.15) is 0 Å². The molecular formula is C40H24O. The average Bonchev–Trinajstić information content (AvgIpc) is 3.59. The molecule has 1 nitrogen and oxygen atoms in total. The molecule has 1 aromatic heterocycles. The summed E-state index contributed by atoms with van der Waals surface area (Å²) in [7, 11) is 0. The maximum absolute atomic E-state index is 9.38. The topological polar surface area (TPSA) is 13.1 Å². The van der Waals surface area contributed by atoms with Crippen LogP contribution < -0.4 is 0 Å². The van der Waals surface area contributed by atoms with Gasteiger partial charge >= 0.3 is 0 Å². The second-order valence-electron chi connectivity index (χ2n) is 9.69. The quantitative estimate of drug-likeness (QED) is 0.201. The third-order valence-corrected chi connectivity index (χ3v) is 7.59. The van der Waals surface area contributed by atoms with Crippen LogP contribution in [0, 0.1) is 0 Å². The lowest BCUT2D eigenvalue weighted by Gasteiger charge is -2.18. The van der Waals surface area contributed by atoms with Crippen LogP contribution in [0.5, 0.6) is 0 Å². The summed E-state index contributed by atoms with van der Waals surface area (Å²) in [6.45, 7) is 0. The van der Waals surface area contributed by atoms with Gasteiger partial charge in [0.25, 0.3) is 0 Å². The fourth-order valence-electron chi connectivity index (χ4n) is 5.91. The molecular weight excluding hydrogens is 496 g/mol. The Bertz CT molecular complexity index is 3220. The summed E-state index contributed by atoms with van der Waals surface area (Å²) >= 11 is 0. The minimum atomic E-state index is -0.760. The van der Waals surface area contributed by atoms with E-state index in [1.54, 1.807) is 18.2 Å². The van der Waals surface area contributed by atoms with Gasteiger partial charge in [-0.3, -0.25) is 0 Å². The van der Waals surface area contributed by atoms with Crippen LogP contribution in [0.25, 0.3) is 87.3 Å². The molecule has 0 radical (unpaired) electrons. The van der Waals surface area contributed by atoms with Crippen LogP contribution in [-0.2, 0) is 0 Å². The molecule has 0 atom stereocenters. The summed E-state index contributed by atoms with van der Waals surface area (Å²) < 4.78 is 140. The molecule has 0 saturated heterocycles. The summed E-state index contributed by atoms with van der Waals surface area (Å²) in [6, 6.07) is 6.23. The van der Waals surface area contributed by atoms with Crippen molar-refractivity contribution in [1.29, 1.82) is 0 Å². The van der Waals surface area contributed by atoms with E-state index < -0.39 is 107 Å². The molecule has 9 rings (SSSR count). The predicted octanol–water partition coefficient (Wildman–Crippen LogP) is 11.5. The van der Waals surface area contributed by atoms with E-state index in [4.69, 9.17) is 18.1 Å². The van der Waals surface area contributed by atoms with Crippen molar-refractivity contribution in [2.45, 2.75) is 0 Å². The number of hydrogen-bond donors (Lipinski definition) is 0. The summed E-state index contributed by atoms with van der Waals surface area (Å²) in [4.78, 5) is 0. The van der Waals surface area contributed by atoms with Gasteiger partial charge < -0.3 is 4.42 Å². The van der Waals surface area contributed by atoms with E-state index >= 15 is 0 Å². The van der Waals surface area contributed by atoms with Crippen molar-refractivity contribution in [3.8, 4) is 22.3 Å². The van der Waals surface area contributed by atoms with Crippen LogP contribution in [0.3, 0.4) is 0 Å². The molecule has 1 heterocycles. The van der Waals surface area contributed by atoms with Gasteiger partial charge in [0.05, 0.1) is 20.6 Å². The number of rotatable bonds is 2. The lowest BCUT2D eigenvalue weighted by Crippen LogP contribution is -1.91. The maximum Gasteiger partial charge on any atom is 0.143 e. The second-order valence-corrected chi connectivity index (χ2v) is 9.69. The molecule has 1 heteroatoms. The van der Waals surface area contributed by atoms with Crippen molar-refractivity contribution in [2.75, 3.05) is 0 Å². The van der Waals surface area contributed by atoms with E-state index in [0.29, 0.717) is 11.0 Å². The van der Waals surface area contributed by atoms with Gasteiger partial charge in [0.1, 0.15) is 11.2 Å². The molecule has 0 amide bonds. The molecule has 0 aliphatic carbocycles. The summed E-state index contributed by atoms with van der Waals surface area (Å²) in [5.41, 5.74) is 0.166. The summed E-state index contributed by atoms with van der Waals surface area (Å²) in [5.74, 6) is 0. The van der Waals surface area contributed by atoms with E-state index in [2.05, 4.69) is 0 Å². The van der Waals surface area contributed by atoms with Gasteiger partial charge in [0.2, 0.25) is 0 Å². The van der Waals surface area contributed by atoms with Crippen molar-refractivity contribution in [2.24, 2.45) is 0 Å². The largest absolute Gasteiger partial charge is 0.455 e. The molecule has 0 bridgehead atoms. The molecule has 0 fully saturated rings. The fraction of sp³-hybridized carbons (Fsp3) is 0. The Hall–Kier alpha value is -5.40. The minimum absolute atomic E-state index is 0.0207. The smallest absolute Gasteiger partial charge is 0.143 e. The monoisotopic (exact) mass is 535 g/mol. The SMILES string of the molecule is [2H]c1c([2H])c([2H])c2c(-c3c4c([2H])c([2H])c([2H])c([2H])c4c(-c4cccc5c4oc4ccc6ccccc6c45)c4c([2H])c([2H])c([2H])c([2H])c34)c([2H])c([2H])c([2H])c2c1[2H]. The Kier molecular flexibility index (Phi) is 2.59. The first-order chi connectivity index (χ1) is 26.6. The predicted molar refractivity (Wildman–Crippen MR) is 175 cm³/mol. The molecule has 9 aromatic rings. The molecule has 0 aliphatic rings. The molecule has 41 heavy (non-hydrogen) atoms. The van der Waals surface area contributed by atoms with Gasteiger partial charge in [-0.1, -0.05) is 139 Å². The fourth-order valence-corrected chi connectivity index (χ4v) is 5.91. The van der Waals surface area contributed by atoms with Crippen molar-refractivity contribution < 1.29 is 25.0 Å². The zero-order valence-electron chi connectivity index (χ0n) is 36.1. The number of furan rings is 1. The minimum Gasteiger partial charge on any atom is -0.455 e. The van der Waals surface area contributed by atoms with E-state index in [1.165, 1.54) is 0 Å². The third-order valence-electron chi connectivity index (χ3n) is 7.59. The van der Waals surface area contributed by atoms with Crippen LogP contribution in [-0.4, -0.2) is 0 Å². The molecule has 0 spiro atoms. The zero-order valence-corrected chi connectivity index (χ0v) is 21.1. The molecule has 0 unspecified atom stereocenters. The highest BCUT2D eigenvalue weighted by Crippen LogP contribution is 2.47. The molecule has 0 saturated carbocycles. The normalized spacial score (nSPS) is 17.0. The highest BCUT2D eigenvalue weighted by atomic mass is 16.3. The Balaban J connectivity index is 1.64. The van der Waals surface area contributed by atoms with Crippen LogP contribution in [0.1, 0.15) is 20.6 Å². The van der Waals surface area contributed by atoms with Crippen LogP contribution >= 0.6 is 0 Å². The van der Waals surface area contributed by atoms with E-state index in [0.717, 1.165) is 16.2 Å². The summed E-state index contributed by atoms with van der Waals surface area (Å²) in [5, 5.41) is 1.28. The standard InChI is InChI=1S/C40H24O/c1-3-14-27-25(11-1)13-9-20-29(27)37-30-16-5-7-18-32(30)38(33-19-8-6-17-31(33)37)34-21-10-22-35-39-28-15-4-2-12-26(28)23-24-36(39)41-40(34)35/h1-24H/i1D,3D,5D,6D,7D,8D,9D,11D,13D,14D,16D,17D,18D,19D,20D. The Morgan fingerprint density at radius 3 is 1.78 bits per heavy atom. The first-order valence-corrected chi connectivity index (χ1v) is 12.9. The molecule has 0 N–H and O–H groups in total. The first-order valence-electron chi connectivity index (χ1n) is 20.4. The highest BCUT2D eigenvalue weighted by Gasteiger charge is 2.21. The second kappa shape index (κ2) is 8.55. The van der Waals surface area contributed by atoms with Crippen LogP contribution in [0.15, 0.2) is 150 Å². The van der Waals surface area contributed by atoms with Gasteiger partial charge in [-0.25, -0.2) is 0 Å². The van der Waals surface area contributed by atoms with E-state index in [9.17, 15) is 6.85 Å². The number of para-hydroxylation sites is 1.